The van der Waals surface area contributed by atoms with E-state index in [1.165, 1.54) is 6.92 Å². The lowest BCUT2D eigenvalue weighted by atomic mass is 9.45. The van der Waals surface area contributed by atoms with Gasteiger partial charge in [0.05, 0.1) is 13.2 Å². The summed E-state index contributed by atoms with van der Waals surface area (Å²) in [4.78, 5) is 88.0. The first kappa shape index (κ1) is 37.6. The van der Waals surface area contributed by atoms with Gasteiger partial charge in [0.1, 0.15) is 6.61 Å². The molecule has 0 unspecified atom stereocenters. The maximum Gasteiger partial charge on any atom is 0.339 e. The Balaban J connectivity index is 1.59. The molecule has 0 spiro atoms. The van der Waals surface area contributed by atoms with Crippen LogP contribution >= 0.6 is 0 Å². The van der Waals surface area contributed by atoms with Gasteiger partial charge in [-0.2, -0.15) is 0 Å². The van der Waals surface area contributed by atoms with Gasteiger partial charge in [-0.05, 0) is 73.2 Å². The number of allylic oxidation sites excluding steroid dienone is 1. The molecular weight excluding hydrogens is 656 g/mol. The Bertz CT molecular complexity index is 1450. The number of methoxy groups -OCH3 is 1. The van der Waals surface area contributed by atoms with Gasteiger partial charge in [0, 0.05) is 40.0 Å². The molecule has 0 N–H and O–H groups in total. The minimum absolute atomic E-state index is 0.0610. The fourth-order valence-corrected chi connectivity index (χ4v) is 9.94. The molecule has 5 rings (SSSR count). The van der Waals surface area contributed by atoms with Gasteiger partial charge in [0.25, 0.3) is 0 Å². The Morgan fingerprint density at radius 2 is 1.48 bits per heavy atom. The van der Waals surface area contributed by atoms with Crippen molar-refractivity contribution in [2.45, 2.75) is 123 Å². The number of carbonyl (C=O) groups is 7. The summed E-state index contributed by atoms with van der Waals surface area (Å²) in [6.07, 6.45) is -2.43. The third-order valence-corrected chi connectivity index (χ3v) is 11.8. The molecule has 276 valence electrons. The van der Waals surface area contributed by atoms with Crippen molar-refractivity contribution < 1.29 is 66.7 Å². The minimum Gasteiger partial charge on any atom is -0.467 e. The van der Waals surface area contributed by atoms with Crippen LogP contribution in [0.15, 0.2) is 11.6 Å². The van der Waals surface area contributed by atoms with Gasteiger partial charge < -0.3 is 33.2 Å². The molecule has 0 aromatic carbocycles. The second-order valence-electron chi connectivity index (χ2n) is 14.8. The molecule has 1 aliphatic heterocycles. The molecule has 1 saturated heterocycles. The predicted molar refractivity (Wildman–Crippen MR) is 169 cm³/mol. The van der Waals surface area contributed by atoms with Gasteiger partial charge in [-0.1, -0.05) is 19.4 Å². The van der Waals surface area contributed by atoms with Crippen LogP contribution < -0.4 is 0 Å². The highest BCUT2D eigenvalue weighted by molar-refractivity contribution is 5.91. The largest absolute Gasteiger partial charge is 0.467 e. The highest BCUT2D eigenvalue weighted by atomic mass is 16.7. The number of Topliss-reactive ketones (excluding diaryl/α,β-unsaturated/α-hetero) is 1. The Morgan fingerprint density at radius 1 is 0.840 bits per heavy atom. The van der Waals surface area contributed by atoms with Crippen LogP contribution in [0.5, 0.6) is 0 Å². The van der Waals surface area contributed by atoms with Crippen molar-refractivity contribution in [1.82, 2.24) is 0 Å². The molecule has 1 heterocycles. The summed E-state index contributed by atoms with van der Waals surface area (Å²) in [5.41, 5.74) is -0.00601. The molecule has 4 aliphatic carbocycles. The number of hydrogen-bond acceptors (Lipinski definition) is 14. The molecule has 0 bridgehead atoms. The van der Waals surface area contributed by atoms with Crippen LogP contribution in [0.4, 0.5) is 0 Å². The number of rotatable bonds is 9. The molecule has 14 heteroatoms. The summed E-state index contributed by atoms with van der Waals surface area (Å²) in [7, 11) is 1.12. The first-order chi connectivity index (χ1) is 23.5. The Kier molecular flexibility index (Phi) is 10.9. The zero-order valence-electron chi connectivity index (χ0n) is 29.7. The number of ketones is 2. The highest BCUT2D eigenvalue weighted by Gasteiger charge is 2.65. The van der Waals surface area contributed by atoms with E-state index in [0.717, 1.165) is 46.3 Å². The third kappa shape index (κ3) is 7.10. The molecule has 12 atom stereocenters. The zero-order valence-corrected chi connectivity index (χ0v) is 29.7. The third-order valence-electron chi connectivity index (χ3n) is 11.8. The van der Waals surface area contributed by atoms with E-state index in [1.54, 1.807) is 6.08 Å². The van der Waals surface area contributed by atoms with Gasteiger partial charge in [-0.3, -0.25) is 28.8 Å². The minimum atomic E-state index is -1.62. The second kappa shape index (κ2) is 14.5. The van der Waals surface area contributed by atoms with E-state index in [1.807, 2.05) is 0 Å². The van der Waals surface area contributed by atoms with Crippen molar-refractivity contribution in [3.05, 3.63) is 11.6 Å². The van der Waals surface area contributed by atoms with Crippen LogP contribution in [0.1, 0.15) is 86.5 Å². The van der Waals surface area contributed by atoms with E-state index in [-0.39, 0.29) is 35.9 Å². The lowest BCUT2D eigenvalue weighted by Crippen LogP contribution is -2.65. The molecule has 5 aliphatic rings. The van der Waals surface area contributed by atoms with Crippen LogP contribution in [0, 0.1) is 34.5 Å². The van der Waals surface area contributed by atoms with Crippen molar-refractivity contribution >= 4 is 41.4 Å². The summed E-state index contributed by atoms with van der Waals surface area (Å²) in [5, 5.41) is 0. The lowest BCUT2D eigenvalue weighted by molar-refractivity contribution is -0.324. The predicted octanol–water partition coefficient (Wildman–Crippen LogP) is 2.95. The fraction of sp³-hybridized carbons (Fsp3) is 0.750. The Labute approximate surface area is 291 Å². The number of hydrogen-bond donors (Lipinski definition) is 0. The van der Waals surface area contributed by atoms with E-state index in [9.17, 15) is 33.6 Å². The average molecular weight is 705 g/mol. The number of ether oxygens (including phenoxy) is 7. The van der Waals surface area contributed by atoms with Crippen molar-refractivity contribution in [3.63, 3.8) is 0 Å². The molecule has 50 heavy (non-hydrogen) atoms. The molecule has 0 amide bonds. The van der Waals surface area contributed by atoms with Crippen molar-refractivity contribution in [2.24, 2.45) is 34.5 Å². The van der Waals surface area contributed by atoms with Gasteiger partial charge in [0.15, 0.2) is 42.3 Å². The van der Waals surface area contributed by atoms with E-state index in [0.29, 0.717) is 32.1 Å². The molecule has 14 nitrogen and oxygen atoms in total. The van der Waals surface area contributed by atoms with Crippen molar-refractivity contribution in [3.8, 4) is 0 Å². The summed E-state index contributed by atoms with van der Waals surface area (Å²) in [6, 6.07) is 0. The second-order valence-corrected chi connectivity index (χ2v) is 14.8. The van der Waals surface area contributed by atoms with Crippen LogP contribution in [0.3, 0.4) is 0 Å². The van der Waals surface area contributed by atoms with Crippen molar-refractivity contribution in [1.29, 1.82) is 0 Å². The lowest BCUT2D eigenvalue weighted by Gasteiger charge is -2.61. The molecule has 0 radical (unpaired) electrons. The van der Waals surface area contributed by atoms with Gasteiger partial charge in [-0.15, -0.1) is 0 Å². The first-order valence-electron chi connectivity index (χ1n) is 17.3. The van der Waals surface area contributed by atoms with Crippen LogP contribution in [0.2, 0.25) is 0 Å². The number of esters is 5. The summed E-state index contributed by atoms with van der Waals surface area (Å²) < 4.78 is 39.9. The molecule has 0 aromatic heterocycles. The maximum atomic E-state index is 13.6. The first-order valence-corrected chi connectivity index (χ1v) is 17.3. The molecule has 4 fully saturated rings. The van der Waals surface area contributed by atoms with Gasteiger partial charge >= 0.3 is 29.8 Å². The summed E-state index contributed by atoms with van der Waals surface area (Å²) in [5.74, 6) is -4.41. The highest BCUT2D eigenvalue weighted by Crippen LogP contribution is 2.67. The van der Waals surface area contributed by atoms with E-state index < -0.39 is 83.4 Å². The standard InChI is InChI=1S/C36H48O14/c1-17(37)45-16-26(42)25-11-10-24-23-9-8-21-14-22(41)12-13-35(21,5)28(23)27(15-36(24,25)6)49-34-32(48-20(4)40)30(47-19(3)39)29(46-18(2)38)31(50-34)33(43)44-7/h14,23-25,27-32,34H,8-13,15-16H2,1-7H3/t23-,24-,25+,27-,28+,29+,30+,31+,32-,34-,35+,36+/m1/s1. The van der Waals surface area contributed by atoms with Gasteiger partial charge in [0.2, 0.25) is 0 Å². The normalized spacial score (nSPS) is 39.0. The van der Waals surface area contributed by atoms with Crippen LogP contribution in [0.25, 0.3) is 0 Å². The van der Waals surface area contributed by atoms with Crippen LogP contribution in [-0.2, 0) is 66.7 Å². The number of fused-ring (bicyclic) bond motifs is 5. The van der Waals surface area contributed by atoms with E-state index >= 15 is 0 Å². The number of carbonyl (C=O) groups excluding carboxylic acids is 7. The SMILES string of the molecule is COC(=O)[C@H]1O[C@@H](O[C@@H]2C[C@@]3(C)[C@H](CC[C@H]3C(=O)COC(C)=O)[C@H]3CCC4=CC(=O)CC[C@]4(C)[C@@H]32)[C@H](OC(C)=O)[C@@H](OC(C)=O)[C@@H]1OC(C)=O. The van der Waals surface area contributed by atoms with E-state index in [2.05, 4.69) is 13.8 Å². The maximum absolute atomic E-state index is 13.6. The fourth-order valence-electron chi connectivity index (χ4n) is 9.94. The molecule has 0 aromatic rings. The Hall–Kier alpha value is -3.65. The van der Waals surface area contributed by atoms with Crippen LogP contribution in [-0.4, -0.2) is 91.9 Å². The summed E-state index contributed by atoms with van der Waals surface area (Å²) >= 11 is 0. The monoisotopic (exact) mass is 704 g/mol. The van der Waals surface area contributed by atoms with Gasteiger partial charge in [-0.25, -0.2) is 4.79 Å². The zero-order chi connectivity index (χ0) is 36.7. The smallest absolute Gasteiger partial charge is 0.339 e. The molecule has 3 saturated carbocycles. The summed E-state index contributed by atoms with van der Waals surface area (Å²) in [6.45, 7) is 8.49. The quantitative estimate of drug-likeness (QED) is 0.252. The van der Waals surface area contributed by atoms with E-state index in [4.69, 9.17) is 33.2 Å². The topological polar surface area (TPSA) is 184 Å². The Morgan fingerprint density at radius 3 is 2.10 bits per heavy atom. The average Bonchev–Trinajstić information content (AvgIpc) is 3.38. The van der Waals surface area contributed by atoms with Crippen molar-refractivity contribution in [2.75, 3.05) is 13.7 Å². The molecular formula is C36H48O14.